The molecule has 52 heavy (non-hydrogen) atoms. The second-order valence-electron chi connectivity index (χ2n) is 14.7. The van der Waals surface area contributed by atoms with Crippen molar-refractivity contribution in [1.29, 1.82) is 0 Å². The van der Waals surface area contributed by atoms with Crippen LogP contribution >= 0.6 is 0 Å². The predicted molar refractivity (Wildman–Crippen MR) is 202 cm³/mol. The first-order valence-corrected chi connectivity index (χ1v) is 16.6. The summed E-state index contributed by atoms with van der Waals surface area (Å²) in [6.45, 7) is 12.1. The van der Waals surface area contributed by atoms with Gasteiger partial charge in [0.15, 0.2) is 0 Å². The van der Waals surface area contributed by atoms with Gasteiger partial charge in [0.1, 0.15) is 11.5 Å². The summed E-state index contributed by atoms with van der Waals surface area (Å²) in [7, 11) is 0. The number of pyridine rings is 2. The van der Waals surface area contributed by atoms with Crippen molar-refractivity contribution in [3.63, 3.8) is 0 Å². The molecule has 0 N–H and O–H groups in total. The van der Waals surface area contributed by atoms with E-state index in [1.165, 1.54) is 21.3 Å². The first kappa shape index (κ1) is 29.5. The number of benzene rings is 4. The van der Waals surface area contributed by atoms with Gasteiger partial charge in [-0.05, 0) is 44.6 Å². The smallest absolute Gasteiger partial charge is 0.319 e. The topological polar surface area (TPSA) is 36.7 Å². The Kier molecular flexibility index (Phi) is 7.28. The van der Waals surface area contributed by atoms with Gasteiger partial charge >= 0.3 is 27.1 Å². The number of alkyl halides is 2. The van der Waals surface area contributed by atoms with Crippen LogP contribution in [0.1, 0.15) is 70.7 Å². The van der Waals surface area contributed by atoms with Gasteiger partial charge in [0.2, 0.25) is 5.69 Å². The zero-order chi connectivity index (χ0) is 40.1. The molecular weight excluding hydrogens is 832 g/mol. The zero-order valence-electron chi connectivity index (χ0n) is 34.4. The van der Waals surface area contributed by atoms with Gasteiger partial charge in [0.25, 0.3) is 17.3 Å². The number of hydrogen-bond donors (Lipinski definition) is 0. The van der Waals surface area contributed by atoms with E-state index in [1.807, 2.05) is 43.5 Å². The normalized spacial score (nSPS) is 14.5. The monoisotopic (exact) mass is 873 g/mol. The van der Waals surface area contributed by atoms with Gasteiger partial charge in [-0.3, -0.25) is 4.98 Å². The van der Waals surface area contributed by atoms with Gasteiger partial charge in [0, 0.05) is 48.3 Å². The van der Waals surface area contributed by atoms with Crippen LogP contribution < -0.4 is 9.15 Å². The van der Waals surface area contributed by atoms with Crippen LogP contribution in [0.5, 0.6) is 0 Å². The van der Waals surface area contributed by atoms with Crippen molar-refractivity contribution in [2.24, 2.45) is 0 Å². The number of aromatic nitrogens is 3. The average molecular weight is 874 g/mol. The molecule has 1 aliphatic heterocycles. The van der Waals surface area contributed by atoms with E-state index in [2.05, 4.69) is 48.9 Å². The Balaban J connectivity index is 0.00000496. The van der Waals surface area contributed by atoms with Crippen molar-refractivity contribution in [2.75, 3.05) is 0 Å². The number of fused-ring (bicyclic) bond motifs is 4. The van der Waals surface area contributed by atoms with Crippen molar-refractivity contribution in [3.8, 4) is 5.82 Å². The van der Waals surface area contributed by atoms with E-state index in [9.17, 15) is 0 Å². The third-order valence-corrected chi connectivity index (χ3v) is 9.23. The number of hydrogen-bond acceptors (Lipinski definition) is 2. The minimum atomic E-state index is -3.59. The van der Waals surface area contributed by atoms with Crippen LogP contribution in [0.4, 0.5) is 31.5 Å². The van der Waals surface area contributed by atoms with E-state index in [1.54, 1.807) is 55.0 Å². The largest absolute Gasteiger partial charge is 2.00 e. The molecule has 1 aliphatic rings. The Morgan fingerprint density at radius 1 is 0.750 bits per heavy atom. The molecule has 7 aromatic rings. The Labute approximate surface area is 323 Å². The standard InChI is InChI=1S/C44H37F2N5.Pt/c1-42(2,3)29-18-21-48-41(26-29)51-37-19-20-47-27-36(37)35-17-16-30(25-40(35)51)44(45,46)32-22-31(43(4,5)6)23-34(24-32)50-28-49(33-12-8-7-9-13-33)38-14-10-11-15-39(38)50;/h7-23,26-27H,1-6H3;/q;+2/i7D,8D,9D,12D,13D;. The molecule has 3 aromatic heterocycles. The van der Waals surface area contributed by atoms with Crippen LogP contribution in [-0.2, 0) is 37.8 Å². The van der Waals surface area contributed by atoms with Crippen molar-refractivity contribution in [2.45, 2.75) is 58.3 Å². The van der Waals surface area contributed by atoms with Crippen molar-refractivity contribution < 1.29 is 36.7 Å². The molecule has 0 amide bonds. The molecule has 0 radical (unpaired) electrons. The van der Waals surface area contributed by atoms with Crippen LogP contribution in [0.15, 0.2) is 116 Å². The fourth-order valence-corrected chi connectivity index (χ4v) is 6.40. The van der Waals surface area contributed by atoms with Crippen LogP contribution in [0.25, 0.3) is 27.6 Å². The average Bonchev–Trinajstić information content (AvgIpc) is 3.71. The minimum absolute atomic E-state index is 0. The van der Waals surface area contributed by atoms with Gasteiger partial charge in [-0.25, -0.2) is 13.8 Å². The minimum Gasteiger partial charge on any atom is -0.319 e. The van der Waals surface area contributed by atoms with E-state index in [0.717, 1.165) is 16.5 Å². The summed E-state index contributed by atoms with van der Waals surface area (Å²) in [5.41, 5.74) is 2.41. The van der Waals surface area contributed by atoms with Crippen molar-refractivity contribution >= 4 is 50.6 Å². The van der Waals surface area contributed by atoms with Gasteiger partial charge in [0.05, 0.1) is 6.85 Å². The first-order chi connectivity index (χ1) is 26.4. The maximum absolute atomic E-state index is 17.3. The summed E-state index contributed by atoms with van der Waals surface area (Å²) in [5, 5.41) is 1.48. The predicted octanol–water partition coefficient (Wildman–Crippen LogP) is 10.8. The summed E-state index contributed by atoms with van der Waals surface area (Å²) in [4.78, 5) is 9.00. The van der Waals surface area contributed by atoms with Crippen LogP contribution in [-0.4, -0.2) is 20.5 Å². The Hall–Kier alpha value is -5.09. The molecule has 4 aromatic carbocycles. The van der Waals surface area contributed by atoms with Gasteiger partial charge in [-0.1, -0.05) is 105 Å². The van der Waals surface area contributed by atoms with E-state index in [0.29, 0.717) is 33.7 Å². The van der Waals surface area contributed by atoms with Crippen LogP contribution in [0.3, 0.4) is 0 Å². The quantitative estimate of drug-likeness (QED) is 0.128. The second-order valence-corrected chi connectivity index (χ2v) is 14.7. The molecule has 0 aliphatic carbocycles. The summed E-state index contributed by atoms with van der Waals surface area (Å²) < 4.78 is 81.2. The first-order valence-electron chi connectivity index (χ1n) is 19.1. The molecule has 0 bridgehead atoms. The van der Waals surface area contributed by atoms with Crippen molar-refractivity contribution in [3.05, 3.63) is 150 Å². The van der Waals surface area contributed by atoms with E-state index >= 15 is 8.78 Å². The Morgan fingerprint density at radius 3 is 2.17 bits per heavy atom. The summed E-state index contributed by atoms with van der Waals surface area (Å²) in [6.07, 6.45) is 5.11. The zero-order valence-corrected chi connectivity index (χ0v) is 31.7. The molecule has 0 spiro atoms. The molecule has 260 valence electrons. The van der Waals surface area contributed by atoms with Crippen LogP contribution in [0, 0.1) is 12.1 Å². The molecule has 8 heteroatoms. The third kappa shape index (κ3) is 6.02. The fraction of sp³-hybridized carbons (Fsp3) is 0.205. The van der Waals surface area contributed by atoms with Gasteiger partial charge < -0.3 is 4.57 Å². The molecular formula is C44H37F2N5Pt+2. The van der Waals surface area contributed by atoms with Gasteiger partial charge in [-0.2, -0.15) is 18.2 Å². The van der Waals surface area contributed by atoms with Gasteiger partial charge in [-0.15, -0.1) is 17.0 Å². The molecule has 4 heterocycles. The molecule has 5 nitrogen and oxygen atoms in total. The third-order valence-electron chi connectivity index (χ3n) is 9.23. The number of halogens is 2. The fourth-order valence-electron chi connectivity index (χ4n) is 6.40. The SMILES string of the molecule is [2H]c1c([2H])c([2H])c([N+]2=C=[N+](c3[c-]c(C(F)(F)c4[c-]c5c(cc4)c4cnccc4n5-c4cc(C(C)(C)C)ccn4)cc(C(C)(C)C)c3)c3ccccc32)c([2H])c1[2H].[Pt+2]. The second kappa shape index (κ2) is 12.8. The molecule has 0 fully saturated rings. The molecule has 0 unspecified atom stereocenters. The van der Waals surface area contributed by atoms with Crippen LogP contribution in [0.2, 0.25) is 0 Å². The molecule has 8 rings (SSSR count). The molecule has 0 saturated carbocycles. The van der Waals surface area contributed by atoms with E-state index in [-0.39, 0.29) is 43.4 Å². The Morgan fingerprint density at radius 2 is 1.46 bits per heavy atom. The summed E-state index contributed by atoms with van der Waals surface area (Å²) in [5.74, 6) is -3.01. The summed E-state index contributed by atoms with van der Waals surface area (Å²) >= 11 is 0. The van der Waals surface area contributed by atoms with Crippen molar-refractivity contribution in [1.82, 2.24) is 23.7 Å². The maximum atomic E-state index is 17.3. The molecule has 0 atom stereocenters. The summed E-state index contributed by atoms with van der Waals surface area (Å²) in [6, 6.07) is 25.9. The maximum Gasteiger partial charge on any atom is 2.00 e. The van der Waals surface area contributed by atoms with E-state index in [4.69, 9.17) is 6.85 Å². The van der Waals surface area contributed by atoms with E-state index < -0.39 is 47.1 Å². The number of rotatable bonds is 5. The number of nitrogens with zero attached hydrogens (tertiary/aromatic N) is 5. The molecule has 0 saturated heterocycles. The number of para-hydroxylation sites is 3. The Bertz CT molecular complexity index is 2840.